The maximum atomic E-state index is 13.8. The maximum absolute atomic E-state index is 13.8. The van der Waals surface area contributed by atoms with E-state index in [1.807, 2.05) is 11.0 Å². The lowest BCUT2D eigenvalue weighted by Crippen LogP contribution is -2.52. The Hall–Kier alpha value is -2.67. The molecule has 0 aliphatic carbocycles. The van der Waals surface area contributed by atoms with Gasteiger partial charge in [-0.15, -0.1) is 0 Å². The Morgan fingerprint density at radius 3 is 2.79 bits per heavy atom. The molecule has 10 nitrogen and oxygen atoms in total. The fraction of sp³-hybridized carbons (Fsp3) is 0.458. The summed E-state index contributed by atoms with van der Waals surface area (Å²) in [6.07, 6.45) is 3.39. The molecule has 2 atom stereocenters. The molecule has 0 spiro atoms. The average Bonchev–Trinajstić information content (AvgIpc) is 3.32. The molecule has 2 aliphatic heterocycles. The fourth-order valence-corrected chi connectivity index (χ4v) is 6.02. The maximum Gasteiger partial charge on any atom is 0.256 e. The third-order valence-electron chi connectivity index (χ3n) is 6.77. The van der Waals surface area contributed by atoms with Crippen molar-refractivity contribution >= 4 is 56.3 Å². The predicted octanol–water partition coefficient (Wildman–Crippen LogP) is 3.52. The number of aromatic nitrogens is 3. The largest absolute Gasteiger partial charge is 0.353 e. The van der Waals surface area contributed by atoms with E-state index in [4.69, 9.17) is 28.3 Å². The molecular formula is C24H28Cl2FN7O3S. The van der Waals surface area contributed by atoms with Gasteiger partial charge in [-0.1, -0.05) is 23.2 Å². The molecule has 2 aliphatic rings. The molecule has 1 aromatic carbocycles. The van der Waals surface area contributed by atoms with Crippen molar-refractivity contribution in [3.05, 3.63) is 51.8 Å². The van der Waals surface area contributed by atoms with Gasteiger partial charge in [0.1, 0.15) is 17.6 Å². The van der Waals surface area contributed by atoms with Crippen LogP contribution in [0.25, 0.3) is 5.65 Å². The summed E-state index contributed by atoms with van der Waals surface area (Å²) < 4.78 is 41.3. The molecule has 2 saturated heterocycles. The summed E-state index contributed by atoms with van der Waals surface area (Å²) in [5.41, 5.74) is 1.50. The molecule has 14 heteroatoms. The number of piperidine rings is 1. The number of fused-ring (bicyclic) bond motifs is 1. The number of hydrogen-bond donors (Lipinski definition) is 2. The Bertz CT molecular complexity index is 1470. The minimum absolute atomic E-state index is 0.165. The molecule has 1 amide bonds. The van der Waals surface area contributed by atoms with E-state index in [0.29, 0.717) is 59.9 Å². The number of alkyl halides is 1. The zero-order chi connectivity index (χ0) is 27.0. The van der Waals surface area contributed by atoms with Crippen LogP contribution < -0.4 is 14.9 Å². The number of rotatable bonds is 6. The van der Waals surface area contributed by atoms with Crippen LogP contribution in [0.2, 0.25) is 10.2 Å². The van der Waals surface area contributed by atoms with Crippen molar-refractivity contribution in [2.45, 2.75) is 31.3 Å². The summed E-state index contributed by atoms with van der Waals surface area (Å²) in [6, 6.07) is 7.35. The highest BCUT2D eigenvalue weighted by molar-refractivity contribution is 7.92. The number of nitrogens with one attached hydrogen (secondary N) is 2. The molecular weight excluding hydrogens is 556 g/mol. The van der Waals surface area contributed by atoms with E-state index in [9.17, 15) is 17.6 Å². The van der Waals surface area contributed by atoms with Gasteiger partial charge >= 0.3 is 0 Å². The third-order valence-corrected chi connectivity index (χ3v) is 7.79. The van der Waals surface area contributed by atoms with E-state index in [0.717, 1.165) is 19.1 Å². The first-order chi connectivity index (χ1) is 18.1. The van der Waals surface area contributed by atoms with Crippen LogP contribution in [0.3, 0.4) is 0 Å². The van der Waals surface area contributed by atoms with E-state index in [1.54, 1.807) is 15.5 Å². The number of carbonyl (C=O) groups excluding carboxylic acids is 1. The van der Waals surface area contributed by atoms with Crippen LogP contribution in [0.5, 0.6) is 0 Å². The average molecular weight is 585 g/mol. The van der Waals surface area contributed by atoms with Crippen LogP contribution in [0.15, 0.2) is 30.3 Å². The normalized spacial score (nSPS) is 20.6. The molecule has 2 fully saturated rings. The smallest absolute Gasteiger partial charge is 0.256 e. The molecule has 0 saturated carbocycles. The van der Waals surface area contributed by atoms with Crippen LogP contribution in [0.1, 0.15) is 41.4 Å². The summed E-state index contributed by atoms with van der Waals surface area (Å²) in [5, 5.41) is 8.60. The number of benzene rings is 1. The molecule has 0 radical (unpaired) electrons. The first-order valence-corrected chi connectivity index (χ1v) is 15.0. The van der Waals surface area contributed by atoms with Crippen molar-refractivity contribution < 1.29 is 17.6 Å². The fourth-order valence-electron chi connectivity index (χ4n) is 5.09. The van der Waals surface area contributed by atoms with Gasteiger partial charge in [-0.25, -0.2) is 17.8 Å². The van der Waals surface area contributed by atoms with Gasteiger partial charge in [0.2, 0.25) is 10.0 Å². The Labute approximate surface area is 230 Å². The molecule has 2 N–H and O–H groups in total. The van der Waals surface area contributed by atoms with Gasteiger partial charge in [0.15, 0.2) is 5.65 Å². The lowest BCUT2D eigenvalue weighted by atomic mass is 9.98. The third kappa shape index (κ3) is 5.68. The first kappa shape index (κ1) is 26.9. The first-order valence-electron chi connectivity index (χ1n) is 12.3. The highest BCUT2D eigenvalue weighted by Gasteiger charge is 2.33. The Morgan fingerprint density at radius 1 is 1.21 bits per heavy atom. The molecule has 5 rings (SSSR count). The highest BCUT2D eigenvalue weighted by Crippen LogP contribution is 2.35. The van der Waals surface area contributed by atoms with Crippen LogP contribution in [-0.2, 0) is 10.0 Å². The number of hydrogen-bond acceptors (Lipinski definition) is 7. The lowest BCUT2D eigenvalue weighted by molar-refractivity contribution is 0.0607. The van der Waals surface area contributed by atoms with Crippen molar-refractivity contribution in [2.24, 2.45) is 0 Å². The van der Waals surface area contributed by atoms with Crippen LogP contribution >= 0.6 is 23.2 Å². The molecule has 38 heavy (non-hydrogen) atoms. The SMILES string of the molecule is CS(=O)(=O)Nc1ccc(Cl)cc1C(=O)N1CCCCC1c1cc2nc(Cl)cc(N3CCNC(CF)C3)n2n1. The van der Waals surface area contributed by atoms with E-state index in [2.05, 4.69) is 15.0 Å². The summed E-state index contributed by atoms with van der Waals surface area (Å²) in [7, 11) is -3.62. The van der Waals surface area contributed by atoms with Crippen LogP contribution in [0.4, 0.5) is 15.9 Å². The number of nitrogens with zero attached hydrogens (tertiary/aromatic N) is 5. The van der Waals surface area contributed by atoms with Crippen molar-refractivity contribution in [1.82, 2.24) is 24.8 Å². The second kappa shape index (κ2) is 10.8. The zero-order valence-corrected chi connectivity index (χ0v) is 23.0. The quantitative estimate of drug-likeness (QED) is 0.427. The van der Waals surface area contributed by atoms with Crippen molar-refractivity contribution in [1.29, 1.82) is 0 Å². The molecule has 2 aromatic heterocycles. The predicted molar refractivity (Wildman–Crippen MR) is 146 cm³/mol. The molecule has 2 unspecified atom stereocenters. The number of halogens is 3. The Kier molecular flexibility index (Phi) is 7.67. The molecule has 4 heterocycles. The van der Waals surface area contributed by atoms with Gasteiger partial charge in [-0.3, -0.25) is 9.52 Å². The van der Waals surface area contributed by atoms with Crippen molar-refractivity contribution in [2.75, 3.05) is 48.7 Å². The zero-order valence-electron chi connectivity index (χ0n) is 20.7. The van der Waals surface area contributed by atoms with E-state index in [1.165, 1.54) is 18.2 Å². The summed E-state index contributed by atoms with van der Waals surface area (Å²) in [6.45, 7) is 1.72. The second-order valence-electron chi connectivity index (χ2n) is 9.60. The van der Waals surface area contributed by atoms with Crippen LogP contribution in [0, 0.1) is 0 Å². The van der Waals surface area contributed by atoms with Gasteiger partial charge in [0.25, 0.3) is 5.91 Å². The van der Waals surface area contributed by atoms with Gasteiger partial charge in [0, 0.05) is 43.3 Å². The van der Waals surface area contributed by atoms with Gasteiger partial charge in [0.05, 0.1) is 35.3 Å². The number of piperazine rings is 1. The number of sulfonamides is 1. The number of likely N-dealkylation sites (tertiary alicyclic amines) is 1. The summed E-state index contributed by atoms with van der Waals surface area (Å²) in [5.74, 6) is 0.355. The number of carbonyl (C=O) groups is 1. The molecule has 0 bridgehead atoms. The van der Waals surface area contributed by atoms with Gasteiger partial charge in [-0.2, -0.15) is 9.61 Å². The minimum Gasteiger partial charge on any atom is -0.353 e. The molecule has 3 aromatic rings. The van der Waals surface area contributed by atoms with Gasteiger partial charge < -0.3 is 15.1 Å². The van der Waals surface area contributed by atoms with Crippen molar-refractivity contribution in [3.63, 3.8) is 0 Å². The van der Waals surface area contributed by atoms with E-state index in [-0.39, 0.29) is 29.2 Å². The van der Waals surface area contributed by atoms with Gasteiger partial charge in [-0.05, 0) is 37.5 Å². The van der Waals surface area contributed by atoms with Crippen LogP contribution in [-0.4, -0.2) is 79.0 Å². The van der Waals surface area contributed by atoms with E-state index >= 15 is 0 Å². The standard InChI is InChI=1S/C24H28Cl2FN7O3S/c1-38(36,37)31-18-6-5-15(25)10-17(18)24(35)33-8-3-2-4-20(33)19-11-22-29-21(26)12-23(34(22)30-19)32-9-7-28-16(13-27)14-32/h5-6,10-12,16,20,28,31H,2-4,7-9,13-14H2,1H3. The lowest BCUT2D eigenvalue weighted by Gasteiger charge is -2.35. The summed E-state index contributed by atoms with van der Waals surface area (Å²) >= 11 is 12.5. The number of anilines is 2. The van der Waals surface area contributed by atoms with E-state index < -0.39 is 16.7 Å². The Morgan fingerprint density at radius 2 is 2.03 bits per heavy atom. The monoisotopic (exact) mass is 583 g/mol. The highest BCUT2D eigenvalue weighted by atomic mass is 35.5. The number of amides is 1. The van der Waals surface area contributed by atoms with Crippen molar-refractivity contribution in [3.8, 4) is 0 Å². The Balaban J connectivity index is 1.51. The topological polar surface area (TPSA) is 112 Å². The summed E-state index contributed by atoms with van der Waals surface area (Å²) in [4.78, 5) is 22.0. The minimum atomic E-state index is -3.62. The molecule has 204 valence electrons. The second-order valence-corrected chi connectivity index (χ2v) is 12.2.